The van der Waals surface area contributed by atoms with Crippen LogP contribution in [0.2, 0.25) is 5.02 Å². The number of nitrogens with one attached hydrogen (secondary N) is 1. The minimum Gasteiger partial charge on any atom is -0.480 e. The highest BCUT2D eigenvalue weighted by Gasteiger charge is 2.26. The summed E-state index contributed by atoms with van der Waals surface area (Å²) >= 11 is 6.21. The molecule has 1 aliphatic carbocycles. The van der Waals surface area contributed by atoms with Gasteiger partial charge in [0.1, 0.15) is 6.07 Å². The number of carboxylic acids is 1. The molecule has 2 aliphatic rings. The molecule has 1 aliphatic heterocycles. The monoisotopic (exact) mass is 508 g/mol. The number of carbonyl (C=O) groups is 2. The fraction of sp³-hybridized carbons (Fsp3) is 0.464. The van der Waals surface area contributed by atoms with Gasteiger partial charge in [-0.3, -0.25) is 14.5 Å². The van der Waals surface area contributed by atoms with Gasteiger partial charge in [0.05, 0.1) is 17.1 Å². The Kier molecular flexibility index (Phi) is 8.50. The molecule has 1 amide bonds. The molecular weight excluding hydrogens is 476 g/mol. The van der Waals surface area contributed by atoms with Gasteiger partial charge in [-0.1, -0.05) is 23.7 Å². The highest BCUT2D eigenvalue weighted by atomic mass is 35.5. The number of aliphatic carboxylic acids is 1. The average molecular weight is 509 g/mol. The van der Waals surface area contributed by atoms with Crippen LogP contribution in [0.15, 0.2) is 42.5 Å². The molecule has 1 heterocycles. The molecule has 0 atom stereocenters. The lowest BCUT2D eigenvalue weighted by atomic mass is 9.88. The molecule has 36 heavy (non-hydrogen) atoms. The quantitative estimate of drug-likeness (QED) is 0.565. The standard InChI is InChI=1S/C28H33ClN4O3/c1-32(25-9-6-22(17-30)26(29)16-25)24-10-7-23(8-11-24)31-28(36)21-4-2-19(3-5-21)20-12-14-33(15-13-20)18-27(34)35/h2-6,9,16,20,23-24H,7-8,10-15,18H2,1H3,(H,31,36)(H,34,35). The summed E-state index contributed by atoms with van der Waals surface area (Å²) in [7, 11) is 2.05. The van der Waals surface area contributed by atoms with Crippen LogP contribution in [-0.4, -0.2) is 60.6 Å². The number of anilines is 1. The van der Waals surface area contributed by atoms with Gasteiger partial charge in [-0.25, -0.2) is 0 Å². The molecule has 190 valence electrons. The SMILES string of the molecule is CN(c1ccc(C#N)c(Cl)c1)C1CCC(NC(=O)c2ccc(C3CCN(CC(=O)O)CC3)cc2)CC1. The number of piperidine rings is 1. The lowest BCUT2D eigenvalue weighted by molar-refractivity contribution is -0.138. The summed E-state index contributed by atoms with van der Waals surface area (Å²) in [5, 5.41) is 21.7. The molecule has 0 unspecified atom stereocenters. The number of amides is 1. The minimum atomic E-state index is -0.777. The molecule has 2 fully saturated rings. The molecule has 2 N–H and O–H groups in total. The molecule has 8 heteroatoms. The Bertz CT molecular complexity index is 1110. The van der Waals surface area contributed by atoms with Gasteiger partial charge in [-0.2, -0.15) is 5.26 Å². The third kappa shape index (κ3) is 6.37. The van der Waals surface area contributed by atoms with Crippen LogP contribution in [0.4, 0.5) is 5.69 Å². The van der Waals surface area contributed by atoms with Gasteiger partial charge in [-0.15, -0.1) is 0 Å². The van der Waals surface area contributed by atoms with E-state index in [-0.39, 0.29) is 18.5 Å². The summed E-state index contributed by atoms with van der Waals surface area (Å²) in [6.07, 6.45) is 5.64. The molecule has 2 aromatic carbocycles. The molecule has 2 aromatic rings. The van der Waals surface area contributed by atoms with Crippen molar-refractivity contribution < 1.29 is 14.7 Å². The van der Waals surface area contributed by atoms with Crippen molar-refractivity contribution in [3.8, 4) is 6.07 Å². The van der Waals surface area contributed by atoms with Gasteiger partial charge < -0.3 is 15.3 Å². The van der Waals surface area contributed by atoms with Crippen LogP contribution in [-0.2, 0) is 4.79 Å². The van der Waals surface area contributed by atoms with Crippen molar-refractivity contribution in [3.63, 3.8) is 0 Å². The Labute approximate surface area is 217 Å². The van der Waals surface area contributed by atoms with Crippen LogP contribution in [0.25, 0.3) is 0 Å². The minimum absolute atomic E-state index is 0.0338. The highest BCUT2D eigenvalue weighted by molar-refractivity contribution is 6.32. The van der Waals surface area contributed by atoms with E-state index < -0.39 is 5.97 Å². The van der Waals surface area contributed by atoms with Gasteiger partial charge in [0.2, 0.25) is 0 Å². The van der Waals surface area contributed by atoms with Crippen LogP contribution in [0, 0.1) is 11.3 Å². The molecule has 0 spiro atoms. The molecule has 1 saturated heterocycles. The molecule has 1 saturated carbocycles. The smallest absolute Gasteiger partial charge is 0.317 e. The number of carboxylic acid groups (broad SMARTS) is 1. The van der Waals surface area contributed by atoms with E-state index in [2.05, 4.69) is 23.3 Å². The highest BCUT2D eigenvalue weighted by Crippen LogP contribution is 2.30. The van der Waals surface area contributed by atoms with Crippen molar-refractivity contribution in [2.45, 2.75) is 56.5 Å². The Morgan fingerprint density at radius 3 is 2.33 bits per heavy atom. The number of hydrogen-bond acceptors (Lipinski definition) is 5. The third-order valence-electron chi connectivity index (χ3n) is 7.65. The number of benzene rings is 2. The van der Waals surface area contributed by atoms with E-state index in [4.69, 9.17) is 22.0 Å². The van der Waals surface area contributed by atoms with Gasteiger partial charge in [-0.05, 0) is 93.4 Å². The average Bonchev–Trinajstić information content (AvgIpc) is 2.89. The Morgan fingerprint density at radius 2 is 1.75 bits per heavy atom. The first-order valence-electron chi connectivity index (χ1n) is 12.6. The van der Waals surface area contributed by atoms with E-state index in [0.717, 1.165) is 57.3 Å². The van der Waals surface area contributed by atoms with Crippen molar-refractivity contribution in [2.75, 3.05) is 31.6 Å². The molecule has 7 nitrogen and oxygen atoms in total. The maximum Gasteiger partial charge on any atom is 0.317 e. The van der Waals surface area contributed by atoms with Crippen molar-refractivity contribution >= 4 is 29.2 Å². The lowest BCUT2D eigenvalue weighted by Gasteiger charge is -2.36. The zero-order valence-corrected chi connectivity index (χ0v) is 21.4. The number of hydrogen-bond donors (Lipinski definition) is 2. The van der Waals surface area contributed by atoms with Crippen LogP contribution < -0.4 is 10.2 Å². The van der Waals surface area contributed by atoms with Crippen LogP contribution in [0.1, 0.15) is 65.9 Å². The second-order valence-electron chi connectivity index (χ2n) is 9.93. The number of halogens is 1. The first kappa shape index (κ1) is 26.0. The summed E-state index contributed by atoms with van der Waals surface area (Å²) in [5.74, 6) is -0.403. The summed E-state index contributed by atoms with van der Waals surface area (Å²) in [4.78, 5) is 28.0. The van der Waals surface area contributed by atoms with E-state index in [1.54, 1.807) is 6.07 Å². The van der Waals surface area contributed by atoms with Crippen molar-refractivity contribution in [1.82, 2.24) is 10.2 Å². The maximum absolute atomic E-state index is 12.9. The fourth-order valence-electron chi connectivity index (χ4n) is 5.42. The zero-order valence-electron chi connectivity index (χ0n) is 20.6. The number of likely N-dealkylation sites (tertiary alicyclic amines) is 1. The van der Waals surface area contributed by atoms with E-state index in [9.17, 15) is 9.59 Å². The van der Waals surface area contributed by atoms with Crippen molar-refractivity contribution in [1.29, 1.82) is 5.26 Å². The van der Waals surface area contributed by atoms with Crippen LogP contribution in [0.3, 0.4) is 0 Å². The number of rotatable bonds is 7. The predicted octanol–water partition coefficient (Wildman–Crippen LogP) is 4.65. The number of nitrogens with zero attached hydrogens (tertiary/aromatic N) is 3. The van der Waals surface area contributed by atoms with Crippen molar-refractivity contribution in [2.24, 2.45) is 0 Å². The molecule has 4 rings (SSSR count). The fourth-order valence-corrected chi connectivity index (χ4v) is 5.64. The topological polar surface area (TPSA) is 96.7 Å². The van der Waals surface area contributed by atoms with E-state index in [1.165, 1.54) is 5.56 Å². The normalized spacial score (nSPS) is 20.9. The summed E-state index contributed by atoms with van der Waals surface area (Å²) in [5.41, 5.74) is 3.37. The largest absolute Gasteiger partial charge is 0.480 e. The van der Waals surface area contributed by atoms with Gasteiger partial charge in [0, 0.05) is 30.4 Å². The first-order valence-corrected chi connectivity index (χ1v) is 13.0. The lowest BCUT2D eigenvalue weighted by Crippen LogP contribution is -2.43. The molecule has 0 radical (unpaired) electrons. The number of carbonyl (C=O) groups excluding carboxylic acids is 1. The number of nitriles is 1. The van der Waals surface area contributed by atoms with Crippen LogP contribution >= 0.6 is 11.6 Å². The summed E-state index contributed by atoms with van der Waals surface area (Å²) in [6.45, 7) is 1.68. The molecule has 0 aromatic heterocycles. The summed E-state index contributed by atoms with van der Waals surface area (Å²) in [6, 6.07) is 16.0. The predicted molar refractivity (Wildman–Crippen MR) is 141 cm³/mol. The maximum atomic E-state index is 12.9. The first-order chi connectivity index (χ1) is 17.3. The Balaban J connectivity index is 1.25. The second kappa shape index (κ2) is 11.8. The molecular formula is C28H33ClN4O3. The van der Waals surface area contributed by atoms with E-state index in [1.807, 2.05) is 41.3 Å². The Morgan fingerprint density at radius 1 is 1.08 bits per heavy atom. The second-order valence-corrected chi connectivity index (χ2v) is 10.3. The zero-order chi connectivity index (χ0) is 25.7. The van der Waals surface area contributed by atoms with Gasteiger partial charge in [0.15, 0.2) is 0 Å². The summed E-state index contributed by atoms with van der Waals surface area (Å²) < 4.78 is 0. The van der Waals surface area contributed by atoms with Gasteiger partial charge >= 0.3 is 5.97 Å². The van der Waals surface area contributed by atoms with Crippen LogP contribution in [0.5, 0.6) is 0 Å². The van der Waals surface area contributed by atoms with E-state index in [0.29, 0.717) is 28.1 Å². The third-order valence-corrected chi connectivity index (χ3v) is 7.96. The van der Waals surface area contributed by atoms with E-state index >= 15 is 0 Å². The van der Waals surface area contributed by atoms with Gasteiger partial charge in [0.25, 0.3) is 5.91 Å². The Hall–Kier alpha value is -3.08. The molecule has 0 bridgehead atoms. The van der Waals surface area contributed by atoms with Crippen molar-refractivity contribution in [3.05, 3.63) is 64.2 Å².